The molecule has 0 bridgehead atoms. The average Bonchev–Trinajstić information content (AvgIpc) is 3.10. The molecule has 0 saturated carbocycles. The number of carbonyl (C=O) groups is 3. The van der Waals surface area contributed by atoms with Crippen molar-refractivity contribution in [1.82, 2.24) is 0 Å². The predicted molar refractivity (Wildman–Crippen MR) is 208 cm³/mol. The Morgan fingerprint density at radius 3 is 1.76 bits per heavy atom. The molecule has 3 rings (SSSR count). The Hall–Kier alpha value is -4.15. The minimum Gasteiger partial charge on any atom is -0.490 e. The predicted octanol–water partition coefficient (Wildman–Crippen LogP) is 8.16. The smallest absolute Gasteiger partial charge is 0.330 e. The molecule has 4 unspecified atom stereocenters. The molecule has 0 saturated heterocycles. The molecule has 0 fully saturated rings. The minimum absolute atomic E-state index is 0. The average molecular weight is 721 g/mol. The molecular weight excluding hydrogens is 652 g/mol. The summed E-state index contributed by atoms with van der Waals surface area (Å²) in [4.78, 5) is 35.3. The third-order valence-corrected chi connectivity index (χ3v) is 7.13. The van der Waals surface area contributed by atoms with E-state index in [1.807, 2.05) is 77.9 Å². The number of hydrogen-bond donors (Lipinski definition) is 3. The first-order valence-electron chi connectivity index (χ1n) is 16.3. The molecule has 0 spiro atoms. The van der Waals surface area contributed by atoms with Crippen LogP contribution in [0.3, 0.4) is 0 Å². The zero-order valence-electron chi connectivity index (χ0n) is 28.6. The molecule has 0 radical (unpaired) electrons. The Kier molecular flexibility index (Phi) is 31.1. The lowest BCUT2D eigenvalue weighted by Crippen LogP contribution is -2.34. The Balaban J connectivity index is -0.00000133. The second-order valence-corrected chi connectivity index (χ2v) is 10.4. The highest BCUT2D eigenvalue weighted by Crippen LogP contribution is 2.32. The summed E-state index contributed by atoms with van der Waals surface area (Å²) in [6, 6.07) is 11.5. The van der Waals surface area contributed by atoms with Crippen molar-refractivity contribution in [3.63, 3.8) is 0 Å². The fraction of sp³-hybridized carbons (Fsp3) is 0.537. The number of carbonyl (C=O) groups excluding carboxylic acids is 2. The van der Waals surface area contributed by atoms with Gasteiger partial charge in [-0.1, -0.05) is 119 Å². The van der Waals surface area contributed by atoms with E-state index in [1.54, 1.807) is 12.2 Å². The lowest BCUT2D eigenvalue weighted by molar-refractivity contribution is -0.160. The van der Waals surface area contributed by atoms with Gasteiger partial charge in [-0.05, 0) is 48.4 Å². The van der Waals surface area contributed by atoms with Crippen LogP contribution in [0, 0.1) is 18.8 Å². The van der Waals surface area contributed by atoms with E-state index in [-0.39, 0.29) is 69.0 Å². The number of aliphatic carboxylic acids is 1. The SMILES string of the molecule is C.C.C.C.C=CC(=O)OCC(O)COc1c(C)cccc1Cc1cccc(CC)c1OCC(O)COC(=O)C1CC=CCC1C(=O)O.CC.CC. The van der Waals surface area contributed by atoms with Gasteiger partial charge in [-0.2, -0.15) is 0 Å². The number of rotatable bonds is 16. The number of allylic oxidation sites excluding steroid dienone is 2. The van der Waals surface area contributed by atoms with E-state index >= 15 is 0 Å². The van der Waals surface area contributed by atoms with E-state index < -0.39 is 42.0 Å². The normalized spacial score (nSPS) is 14.9. The lowest BCUT2D eigenvalue weighted by atomic mass is 9.83. The fourth-order valence-electron chi connectivity index (χ4n) is 4.83. The number of aryl methyl sites for hydroxylation is 2. The number of hydrogen-bond acceptors (Lipinski definition) is 9. The minimum atomic E-state index is -1.13. The van der Waals surface area contributed by atoms with Crippen molar-refractivity contribution in [2.24, 2.45) is 11.8 Å². The topological polar surface area (TPSA) is 149 Å². The molecule has 292 valence electrons. The summed E-state index contributed by atoms with van der Waals surface area (Å²) in [5.41, 5.74) is 3.47. The van der Waals surface area contributed by atoms with Crippen LogP contribution in [0.15, 0.2) is 61.2 Å². The quantitative estimate of drug-likeness (QED) is 0.0881. The van der Waals surface area contributed by atoms with Gasteiger partial charge in [0.2, 0.25) is 0 Å². The summed E-state index contributed by atoms with van der Waals surface area (Å²) >= 11 is 0. The molecule has 10 heteroatoms. The van der Waals surface area contributed by atoms with E-state index in [1.165, 1.54) is 0 Å². The van der Waals surface area contributed by atoms with Crippen molar-refractivity contribution < 1.29 is 48.7 Å². The van der Waals surface area contributed by atoms with Gasteiger partial charge in [0.1, 0.15) is 50.1 Å². The second kappa shape index (κ2) is 29.6. The molecule has 0 heterocycles. The molecule has 3 N–H and O–H groups in total. The molecule has 2 aromatic rings. The maximum Gasteiger partial charge on any atom is 0.330 e. The van der Waals surface area contributed by atoms with Crippen molar-refractivity contribution in [2.75, 3.05) is 26.4 Å². The molecular formula is C41H68O10. The van der Waals surface area contributed by atoms with Crippen molar-refractivity contribution in [3.8, 4) is 11.5 Å². The van der Waals surface area contributed by atoms with Crippen molar-refractivity contribution in [3.05, 3.63) is 83.5 Å². The number of carboxylic acid groups (broad SMARTS) is 1. The lowest BCUT2D eigenvalue weighted by Gasteiger charge is -2.24. The Morgan fingerprint density at radius 1 is 0.765 bits per heavy atom. The Bertz CT molecular complexity index is 1300. The highest BCUT2D eigenvalue weighted by atomic mass is 16.6. The monoisotopic (exact) mass is 720 g/mol. The first kappa shape index (κ1) is 53.6. The summed E-state index contributed by atoms with van der Waals surface area (Å²) < 4.78 is 22.2. The molecule has 10 nitrogen and oxygen atoms in total. The number of ether oxygens (including phenoxy) is 4. The first-order chi connectivity index (χ1) is 22.6. The van der Waals surface area contributed by atoms with Gasteiger partial charge in [0, 0.05) is 12.5 Å². The number of aliphatic hydroxyl groups is 2. The van der Waals surface area contributed by atoms with Crippen molar-refractivity contribution in [2.45, 2.75) is 109 Å². The zero-order valence-corrected chi connectivity index (χ0v) is 28.6. The third-order valence-electron chi connectivity index (χ3n) is 7.13. The number of aliphatic hydroxyl groups excluding tert-OH is 2. The highest BCUT2D eigenvalue weighted by molar-refractivity contribution is 5.82. The molecule has 0 aliphatic heterocycles. The number of para-hydroxylation sites is 2. The van der Waals surface area contributed by atoms with Gasteiger partial charge in [-0.25, -0.2) is 4.79 Å². The second-order valence-electron chi connectivity index (χ2n) is 10.4. The van der Waals surface area contributed by atoms with Crippen molar-refractivity contribution >= 4 is 17.9 Å². The number of carboxylic acids is 1. The van der Waals surface area contributed by atoms with Crippen LogP contribution in [0.5, 0.6) is 11.5 Å². The standard InChI is InChI=1S/C33H40O10.2C2H6.4CH4/c1-4-22-11-9-13-24(16-23-12-8-10-21(3)30(23)41-18-25(34)17-40-29(36)5-2)31(22)42-19-26(35)20-43-33(39)28-15-7-6-14-27(28)32(37)38;2*1-2;;;;/h5-13,25-28,34-35H,2,4,14-20H2,1,3H3,(H,37,38);2*1-2H3;4*1H4. The van der Waals surface area contributed by atoms with Crippen LogP contribution >= 0.6 is 0 Å². The van der Waals surface area contributed by atoms with Gasteiger partial charge in [0.25, 0.3) is 0 Å². The van der Waals surface area contributed by atoms with E-state index in [4.69, 9.17) is 18.9 Å². The first-order valence-corrected chi connectivity index (χ1v) is 16.3. The van der Waals surface area contributed by atoms with Gasteiger partial charge in [0.15, 0.2) is 0 Å². The fourth-order valence-corrected chi connectivity index (χ4v) is 4.83. The highest BCUT2D eigenvalue weighted by Gasteiger charge is 2.35. The van der Waals surface area contributed by atoms with E-state index in [0.29, 0.717) is 24.3 Å². The van der Waals surface area contributed by atoms with Crippen LogP contribution in [-0.4, -0.2) is 71.9 Å². The molecule has 1 aliphatic carbocycles. The summed E-state index contributed by atoms with van der Waals surface area (Å²) in [6.45, 7) is 14.4. The van der Waals surface area contributed by atoms with E-state index in [9.17, 15) is 29.7 Å². The van der Waals surface area contributed by atoms with Gasteiger partial charge >= 0.3 is 17.9 Å². The van der Waals surface area contributed by atoms with Gasteiger partial charge in [-0.3, -0.25) is 9.59 Å². The number of benzene rings is 2. The van der Waals surface area contributed by atoms with Gasteiger partial charge in [-0.15, -0.1) is 0 Å². The van der Waals surface area contributed by atoms with Crippen LogP contribution in [0.4, 0.5) is 0 Å². The Morgan fingerprint density at radius 2 is 1.24 bits per heavy atom. The molecule has 4 atom stereocenters. The van der Waals surface area contributed by atoms with Gasteiger partial charge < -0.3 is 34.3 Å². The number of esters is 2. The van der Waals surface area contributed by atoms with E-state index in [2.05, 4.69) is 6.58 Å². The molecule has 0 aromatic heterocycles. The summed E-state index contributed by atoms with van der Waals surface area (Å²) in [5.74, 6) is -2.78. The summed E-state index contributed by atoms with van der Waals surface area (Å²) in [6.07, 6.45) is 4.02. The molecule has 1 aliphatic rings. The summed E-state index contributed by atoms with van der Waals surface area (Å²) in [5, 5.41) is 30.2. The largest absolute Gasteiger partial charge is 0.490 e. The summed E-state index contributed by atoms with van der Waals surface area (Å²) in [7, 11) is 0. The third kappa shape index (κ3) is 17.6. The maximum atomic E-state index is 12.6. The molecule has 2 aromatic carbocycles. The van der Waals surface area contributed by atoms with Gasteiger partial charge in [0.05, 0.1) is 11.8 Å². The van der Waals surface area contributed by atoms with E-state index in [0.717, 1.165) is 28.3 Å². The zero-order chi connectivity index (χ0) is 35.4. The van der Waals surface area contributed by atoms with Crippen LogP contribution in [0.1, 0.15) is 99.4 Å². The molecule has 51 heavy (non-hydrogen) atoms. The Labute approximate surface area is 308 Å². The van der Waals surface area contributed by atoms with Crippen LogP contribution < -0.4 is 9.47 Å². The van der Waals surface area contributed by atoms with Crippen LogP contribution in [0.25, 0.3) is 0 Å². The van der Waals surface area contributed by atoms with Crippen LogP contribution in [-0.2, 0) is 36.7 Å². The molecule has 0 amide bonds. The maximum absolute atomic E-state index is 12.6. The van der Waals surface area contributed by atoms with Crippen molar-refractivity contribution in [1.29, 1.82) is 0 Å². The van der Waals surface area contributed by atoms with Crippen LogP contribution in [0.2, 0.25) is 0 Å².